The molecule has 2 rings (SSSR count). The van der Waals surface area contributed by atoms with E-state index in [2.05, 4.69) is 0 Å². The van der Waals surface area contributed by atoms with Crippen molar-refractivity contribution in [2.75, 3.05) is 0 Å². The Balaban J connectivity index is 2.30. The van der Waals surface area contributed by atoms with Gasteiger partial charge in [-0.1, -0.05) is 64.1 Å². The molecule has 0 saturated heterocycles. The molecule has 0 aliphatic rings. The van der Waals surface area contributed by atoms with E-state index in [9.17, 15) is 4.79 Å². The molecule has 0 atom stereocenters. The topological polar surface area (TPSA) is 17.1 Å². The third kappa shape index (κ3) is 3.94. The van der Waals surface area contributed by atoms with Crippen LogP contribution in [0.3, 0.4) is 0 Å². The Morgan fingerprint density at radius 3 is 2.24 bits per heavy atom. The molecule has 0 aliphatic heterocycles. The van der Waals surface area contributed by atoms with Crippen molar-refractivity contribution in [3.8, 4) is 0 Å². The second kappa shape index (κ2) is 7.04. The van der Waals surface area contributed by atoms with Crippen LogP contribution in [0.2, 0.25) is 25.1 Å². The normalized spacial score (nSPS) is 11.1. The van der Waals surface area contributed by atoms with Crippen LogP contribution in [-0.4, -0.2) is 5.78 Å². The SMILES string of the molecule is O=C(C=Cc1ccc(Cl)cc1Cl)c1ccc(Cl)c(Cl)c1Cl. The summed E-state index contributed by atoms with van der Waals surface area (Å²) in [6, 6.07) is 8.03. The lowest BCUT2D eigenvalue weighted by molar-refractivity contribution is 0.104. The smallest absolute Gasteiger partial charge is 0.187 e. The van der Waals surface area contributed by atoms with Gasteiger partial charge in [0, 0.05) is 15.6 Å². The number of benzene rings is 2. The van der Waals surface area contributed by atoms with Crippen LogP contribution in [0.1, 0.15) is 15.9 Å². The summed E-state index contributed by atoms with van der Waals surface area (Å²) in [5.74, 6) is -0.301. The van der Waals surface area contributed by atoms with E-state index in [1.807, 2.05) is 0 Å². The van der Waals surface area contributed by atoms with E-state index in [4.69, 9.17) is 58.0 Å². The minimum absolute atomic E-state index is 0.126. The van der Waals surface area contributed by atoms with Gasteiger partial charge < -0.3 is 0 Å². The van der Waals surface area contributed by atoms with Gasteiger partial charge in [0.1, 0.15) is 0 Å². The molecule has 0 aliphatic carbocycles. The summed E-state index contributed by atoms with van der Waals surface area (Å²) in [4.78, 5) is 12.1. The van der Waals surface area contributed by atoms with Crippen LogP contribution in [0.4, 0.5) is 0 Å². The van der Waals surface area contributed by atoms with Gasteiger partial charge >= 0.3 is 0 Å². The van der Waals surface area contributed by atoms with E-state index in [0.717, 1.165) is 0 Å². The minimum Gasteiger partial charge on any atom is -0.289 e. The van der Waals surface area contributed by atoms with Crippen molar-refractivity contribution in [3.05, 3.63) is 72.6 Å². The third-order valence-electron chi connectivity index (χ3n) is 2.68. The van der Waals surface area contributed by atoms with Crippen LogP contribution in [0.25, 0.3) is 6.08 Å². The Hall–Kier alpha value is -0.700. The molecule has 0 aromatic heterocycles. The van der Waals surface area contributed by atoms with Crippen molar-refractivity contribution < 1.29 is 4.79 Å². The van der Waals surface area contributed by atoms with Crippen molar-refractivity contribution in [2.45, 2.75) is 0 Å². The molecule has 0 fully saturated rings. The van der Waals surface area contributed by atoms with Gasteiger partial charge in [-0.15, -0.1) is 0 Å². The number of rotatable bonds is 3. The quantitative estimate of drug-likeness (QED) is 0.323. The van der Waals surface area contributed by atoms with Crippen LogP contribution < -0.4 is 0 Å². The molecule has 0 amide bonds. The molecule has 1 nitrogen and oxygen atoms in total. The van der Waals surface area contributed by atoms with Gasteiger partial charge in [-0.2, -0.15) is 0 Å². The Morgan fingerprint density at radius 2 is 1.57 bits per heavy atom. The van der Waals surface area contributed by atoms with Crippen LogP contribution in [0, 0.1) is 0 Å². The highest BCUT2D eigenvalue weighted by atomic mass is 35.5. The van der Waals surface area contributed by atoms with Gasteiger partial charge in [0.15, 0.2) is 5.78 Å². The lowest BCUT2D eigenvalue weighted by Gasteiger charge is -2.04. The summed E-state index contributed by atoms with van der Waals surface area (Å²) >= 11 is 29.6. The van der Waals surface area contributed by atoms with E-state index >= 15 is 0 Å². The summed E-state index contributed by atoms with van der Waals surface area (Å²) in [5.41, 5.74) is 0.943. The van der Waals surface area contributed by atoms with Gasteiger partial charge in [0.25, 0.3) is 0 Å². The van der Waals surface area contributed by atoms with E-state index in [1.165, 1.54) is 18.2 Å². The van der Waals surface area contributed by atoms with Crippen LogP contribution in [0.5, 0.6) is 0 Å². The highest BCUT2D eigenvalue weighted by Gasteiger charge is 2.13. The monoisotopic (exact) mass is 378 g/mol. The van der Waals surface area contributed by atoms with Gasteiger partial charge in [0.05, 0.1) is 15.1 Å². The molecular formula is C15H7Cl5O. The Kier molecular flexibility index (Phi) is 5.59. The van der Waals surface area contributed by atoms with Crippen molar-refractivity contribution in [2.24, 2.45) is 0 Å². The molecule has 2 aromatic rings. The second-order valence-corrected chi connectivity index (χ2v) is 6.09. The van der Waals surface area contributed by atoms with Crippen LogP contribution in [-0.2, 0) is 0 Å². The molecule has 0 heterocycles. The zero-order chi connectivity index (χ0) is 15.6. The maximum absolute atomic E-state index is 12.1. The van der Waals surface area contributed by atoms with Crippen molar-refractivity contribution >= 4 is 69.9 Å². The van der Waals surface area contributed by atoms with E-state index in [-0.39, 0.29) is 21.4 Å². The largest absolute Gasteiger partial charge is 0.289 e. The fraction of sp³-hybridized carbons (Fsp3) is 0. The summed E-state index contributed by atoms with van der Waals surface area (Å²) in [5, 5.41) is 1.55. The van der Waals surface area contributed by atoms with Crippen molar-refractivity contribution in [1.82, 2.24) is 0 Å². The third-order valence-corrected chi connectivity index (χ3v) is 4.53. The highest BCUT2D eigenvalue weighted by molar-refractivity contribution is 6.49. The molecule has 0 saturated carbocycles. The number of hydrogen-bond acceptors (Lipinski definition) is 1. The molecule has 21 heavy (non-hydrogen) atoms. The molecule has 0 spiro atoms. The van der Waals surface area contributed by atoms with Crippen LogP contribution >= 0.6 is 58.0 Å². The van der Waals surface area contributed by atoms with E-state index in [1.54, 1.807) is 24.3 Å². The number of halogens is 5. The average molecular weight is 380 g/mol. The first-order chi connectivity index (χ1) is 9.90. The average Bonchev–Trinajstić information content (AvgIpc) is 2.43. The first-order valence-electron chi connectivity index (χ1n) is 5.71. The predicted molar refractivity (Wildman–Crippen MR) is 91.3 cm³/mol. The molecule has 0 N–H and O–H groups in total. The first kappa shape index (κ1) is 16.7. The lowest BCUT2D eigenvalue weighted by Crippen LogP contribution is -1.96. The summed E-state index contributed by atoms with van der Waals surface area (Å²) < 4.78 is 0. The molecular weight excluding hydrogens is 373 g/mol. The number of hydrogen-bond donors (Lipinski definition) is 0. The molecule has 108 valence electrons. The lowest BCUT2D eigenvalue weighted by atomic mass is 10.1. The van der Waals surface area contributed by atoms with Gasteiger partial charge in [-0.25, -0.2) is 0 Å². The number of ketones is 1. The Labute approximate surface area is 147 Å². The first-order valence-corrected chi connectivity index (χ1v) is 7.60. The molecule has 6 heteroatoms. The number of allylic oxidation sites excluding steroid dienone is 1. The summed E-state index contributed by atoms with van der Waals surface area (Å²) in [7, 11) is 0. The summed E-state index contributed by atoms with van der Waals surface area (Å²) in [6.45, 7) is 0. The van der Waals surface area contributed by atoms with Crippen molar-refractivity contribution in [1.29, 1.82) is 0 Å². The molecule has 0 unspecified atom stereocenters. The number of carbonyl (C=O) groups is 1. The Morgan fingerprint density at radius 1 is 0.857 bits per heavy atom. The fourth-order valence-corrected chi connectivity index (χ4v) is 2.71. The predicted octanol–water partition coefficient (Wildman–Crippen LogP) is 6.85. The van der Waals surface area contributed by atoms with Crippen LogP contribution in [0.15, 0.2) is 36.4 Å². The fourth-order valence-electron chi connectivity index (χ4n) is 1.61. The highest BCUT2D eigenvalue weighted by Crippen LogP contribution is 2.33. The zero-order valence-electron chi connectivity index (χ0n) is 10.3. The Bertz CT molecular complexity index is 737. The zero-order valence-corrected chi connectivity index (χ0v) is 14.1. The van der Waals surface area contributed by atoms with Gasteiger partial charge in [-0.3, -0.25) is 4.79 Å². The van der Waals surface area contributed by atoms with Gasteiger partial charge in [-0.05, 0) is 42.0 Å². The second-order valence-electron chi connectivity index (χ2n) is 4.09. The van der Waals surface area contributed by atoms with Gasteiger partial charge in [0.2, 0.25) is 0 Å². The number of carbonyl (C=O) groups excluding carboxylic acids is 1. The molecule has 2 aromatic carbocycles. The standard InChI is InChI=1S/C15H7Cl5O/c16-9-3-1-8(12(18)7-9)2-6-13(21)10-4-5-11(17)15(20)14(10)19/h1-7H. The maximum atomic E-state index is 12.1. The molecule has 0 bridgehead atoms. The summed E-state index contributed by atoms with van der Waals surface area (Å²) in [6.07, 6.45) is 2.94. The minimum atomic E-state index is -0.301. The maximum Gasteiger partial charge on any atom is 0.187 e. The van der Waals surface area contributed by atoms with Crippen molar-refractivity contribution in [3.63, 3.8) is 0 Å². The van der Waals surface area contributed by atoms with E-state index < -0.39 is 0 Å². The molecule has 0 radical (unpaired) electrons. The van der Waals surface area contributed by atoms with E-state index in [0.29, 0.717) is 20.6 Å².